The standard InChI is InChI=1S/C14H20N2S/c1-4-14(2,3)9-5-6-10-11(8-15)13(16)17-12(10)7-9/h9H,4-7,16H2,1-3H3. The van der Waals surface area contributed by atoms with Gasteiger partial charge in [0.15, 0.2) is 0 Å². The van der Waals surface area contributed by atoms with Crippen LogP contribution in [-0.2, 0) is 12.8 Å². The Hall–Kier alpha value is -1.01. The first-order chi connectivity index (χ1) is 7.99. The van der Waals surface area contributed by atoms with Crippen LogP contribution >= 0.6 is 11.3 Å². The van der Waals surface area contributed by atoms with Crippen molar-refractivity contribution >= 4 is 16.3 Å². The Morgan fingerprint density at radius 1 is 1.53 bits per heavy atom. The van der Waals surface area contributed by atoms with Gasteiger partial charge in [-0.3, -0.25) is 0 Å². The van der Waals surface area contributed by atoms with Gasteiger partial charge >= 0.3 is 0 Å². The largest absolute Gasteiger partial charge is 0.389 e. The Labute approximate surface area is 107 Å². The molecular formula is C14H20N2S. The van der Waals surface area contributed by atoms with E-state index in [2.05, 4.69) is 26.8 Å². The van der Waals surface area contributed by atoms with Crippen LogP contribution in [0.4, 0.5) is 5.00 Å². The van der Waals surface area contributed by atoms with Gasteiger partial charge in [-0.15, -0.1) is 11.3 Å². The summed E-state index contributed by atoms with van der Waals surface area (Å²) in [4.78, 5) is 1.36. The zero-order valence-electron chi connectivity index (χ0n) is 10.8. The number of nitrogen functional groups attached to an aromatic ring is 1. The van der Waals surface area contributed by atoms with E-state index in [1.54, 1.807) is 11.3 Å². The third kappa shape index (κ3) is 2.07. The Morgan fingerprint density at radius 2 is 2.24 bits per heavy atom. The zero-order chi connectivity index (χ0) is 12.6. The number of fused-ring (bicyclic) bond motifs is 1. The molecule has 0 spiro atoms. The summed E-state index contributed by atoms with van der Waals surface area (Å²) in [5.41, 5.74) is 8.29. The minimum absolute atomic E-state index is 0.392. The molecule has 1 heterocycles. The van der Waals surface area contributed by atoms with Crippen LogP contribution in [0.15, 0.2) is 0 Å². The van der Waals surface area contributed by atoms with Crippen LogP contribution in [0.25, 0.3) is 0 Å². The van der Waals surface area contributed by atoms with Crippen molar-refractivity contribution in [3.63, 3.8) is 0 Å². The van der Waals surface area contributed by atoms with E-state index in [9.17, 15) is 0 Å². The SMILES string of the molecule is CCC(C)(C)C1CCc2c(sc(N)c2C#N)C1. The number of nitriles is 1. The van der Waals surface area contributed by atoms with Gasteiger partial charge in [0.1, 0.15) is 11.1 Å². The molecule has 1 aromatic heterocycles. The first kappa shape index (κ1) is 12.4. The van der Waals surface area contributed by atoms with Crippen molar-refractivity contribution < 1.29 is 0 Å². The summed E-state index contributed by atoms with van der Waals surface area (Å²) in [6.45, 7) is 6.97. The molecule has 17 heavy (non-hydrogen) atoms. The molecule has 2 N–H and O–H groups in total. The van der Waals surface area contributed by atoms with Gasteiger partial charge in [0.05, 0.1) is 5.56 Å². The van der Waals surface area contributed by atoms with E-state index in [4.69, 9.17) is 11.0 Å². The Balaban J connectivity index is 2.30. The lowest BCUT2D eigenvalue weighted by molar-refractivity contribution is 0.184. The van der Waals surface area contributed by atoms with Crippen LogP contribution < -0.4 is 5.73 Å². The second-order valence-electron chi connectivity index (χ2n) is 5.64. The molecule has 2 nitrogen and oxygen atoms in total. The van der Waals surface area contributed by atoms with E-state index in [1.807, 2.05) is 0 Å². The zero-order valence-corrected chi connectivity index (χ0v) is 11.7. The number of anilines is 1. The van der Waals surface area contributed by atoms with E-state index in [0.717, 1.165) is 24.3 Å². The fourth-order valence-corrected chi connectivity index (χ4v) is 3.83. The molecule has 0 fully saturated rings. The molecule has 0 amide bonds. The van der Waals surface area contributed by atoms with Crippen molar-refractivity contribution in [2.45, 2.75) is 46.5 Å². The third-order valence-corrected chi connectivity index (χ3v) is 5.50. The van der Waals surface area contributed by atoms with Gasteiger partial charge in [0, 0.05) is 4.88 Å². The average molecular weight is 248 g/mol. The van der Waals surface area contributed by atoms with Crippen LogP contribution in [0.3, 0.4) is 0 Å². The van der Waals surface area contributed by atoms with Gasteiger partial charge in [-0.1, -0.05) is 27.2 Å². The molecule has 1 aromatic rings. The van der Waals surface area contributed by atoms with E-state index in [0.29, 0.717) is 10.4 Å². The summed E-state index contributed by atoms with van der Waals surface area (Å²) in [6.07, 6.45) is 4.53. The maximum absolute atomic E-state index is 9.11. The van der Waals surface area contributed by atoms with Crippen molar-refractivity contribution in [1.82, 2.24) is 0 Å². The monoisotopic (exact) mass is 248 g/mol. The Kier molecular flexibility index (Phi) is 3.18. The highest BCUT2D eigenvalue weighted by atomic mass is 32.1. The summed E-state index contributed by atoms with van der Waals surface area (Å²) in [5.74, 6) is 0.726. The number of rotatable bonds is 2. The van der Waals surface area contributed by atoms with E-state index in [-0.39, 0.29) is 0 Å². The van der Waals surface area contributed by atoms with Gasteiger partial charge in [-0.05, 0) is 36.2 Å². The molecule has 0 bridgehead atoms. The fourth-order valence-electron chi connectivity index (χ4n) is 2.69. The van der Waals surface area contributed by atoms with Gasteiger partial charge in [0.2, 0.25) is 0 Å². The van der Waals surface area contributed by atoms with Crippen LogP contribution in [0.5, 0.6) is 0 Å². The van der Waals surface area contributed by atoms with Gasteiger partial charge in [-0.25, -0.2) is 0 Å². The van der Waals surface area contributed by atoms with Crippen molar-refractivity contribution in [3.05, 3.63) is 16.0 Å². The lowest BCUT2D eigenvalue weighted by atomic mass is 9.69. The summed E-state index contributed by atoms with van der Waals surface area (Å²) in [5, 5.41) is 9.83. The van der Waals surface area contributed by atoms with E-state index < -0.39 is 0 Å². The molecule has 0 saturated carbocycles. The quantitative estimate of drug-likeness (QED) is 0.866. The molecule has 92 valence electrons. The minimum atomic E-state index is 0.392. The maximum Gasteiger partial charge on any atom is 0.104 e. The highest BCUT2D eigenvalue weighted by molar-refractivity contribution is 7.16. The second-order valence-corrected chi connectivity index (χ2v) is 6.77. The first-order valence-electron chi connectivity index (χ1n) is 6.29. The van der Waals surface area contributed by atoms with Crippen molar-refractivity contribution in [3.8, 4) is 6.07 Å². The Bertz CT molecular complexity index is 465. The van der Waals surface area contributed by atoms with Gasteiger partial charge < -0.3 is 5.73 Å². The van der Waals surface area contributed by atoms with E-state index in [1.165, 1.54) is 23.3 Å². The third-order valence-electron chi connectivity index (χ3n) is 4.42. The van der Waals surface area contributed by atoms with Gasteiger partial charge in [0.25, 0.3) is 0 Å². The highest BCUT2D eigenvalue weighted by Crippen LogP contribution is 2.44. The predicted molar refractivity (Wildman–Crippen MR) is 73.0 cm³/mol. The molecule has 1 unspecified atom stereocenters. The predicted octanol–water partition coefficient (Wildman–Crippen LogP) is 3.74. The smallest absolute Gasteiger partial charge is 0.104 e. The number of hydrogen-bond acceptors (Lipinski definition) is 3. The van der Waals surface area contributed by atoms with Crippen molar-refractivity contribution in [2.24, 2.45) is 11.3 Å². The van der Waals surface area contributed by atoms with E-state index >= 15 is 0 Å². The molecule has 0 saturated heterocycles. The maximum atomic E-state index is 9.11. The highest BCUT2D eigenvalue weighted by Gasteiger charge is 2.33. The van der Waals surface area contributed by atoms with Crippen molar-refractivity contribution in [2.75, 3.05) is 5.73 Å². The number of nitrogens with zero attached hydrogens (tertiary/aromatic N) is 1. The lowest BCUT2D eigenvalue weighted by Gasteiger charge is -2.36. The number of nitrogens with two attached hydrogens (primary N) is 1. The Morgan fingerprint density at radius 3 is 2.82 bits per heavy atom. The number of hydrogen-bond donors (Lipinski definition) is 1. The lowest BCUT2D eigenvalue weighted by Crippen LogP contribution is -2.28. The molecule has 3 heteroatoms. The van der Waals surface area contributed by atoms with Crippen LogP contribution in [-0.4, -0.2) is 0 Å². The number of thiophene rings is 1. The topological polar surface area (TPSA) is 49.8 Å². The average Bonchev–Trinajstić information content (AvgIpc) is 2.63. The molecule has 0 aromatic carbocycles. The van der Waals surface area contributed by atoms with Crippen LogP contribution in [0.2, 0.25) is 0 Å². The summed E-state index contributed by atoms with van der Waals surface area (Å²) >= 11 is 1.63. The van der Waals surface area contributed by atoms with Crippen molar-refractivity contribution in [1.29, 1.82) is 5.26 Å². The fraction of sp³-hybridized carbons (Fsp3) is 0.643. The van der Waals surface area contributed by atoms with Crippen LogP contribution in [0.1, 0.15) is 49.6 Å². The minimum Gasteiger partial charge on any atom is -0.389 e. The molecule has 0 radical (unpaired) electrons. The molecule has 2 rings (SSSR count). The summed E-state index contributed by atoms with van der Waals surface area (Å²) < 4.78 is 0. The normalized spacial score (nSPS) is 19.8. The first-order valence-corrected chi connectivity index (χ1v) is 7.11. The summed E-state index contributed by atoms with van der Waals surface area (Å²) in [6, 6.07) is 2.26. The molecular weight excluding hydrogens is 228 g/mol. The van der Waals surface area contributed by atoms with Gasteiger partial charge in [-0.2, -0.15) is 5.26 Å². The summed E-state index contributed by atoms with van der Waals surface area (Å²) in [7, 11) is 0. The molecule has 0 aliphatic heterocycles. The second kappa shape index (κ2) is 4.34. The molecule has 1 aliphatic rings. The molecule has 1 aliphatic carbocycles. The molecule has 1 atom stereocenters. The van der Waals surface area contributed by atoms with Crippen LogP contribution in [0, 0.1) is 22.7 Å².